The van der Waals surface area contributed by atoms with Gasteiger partial charge in [-0.1, -0.05) is 12.8 Å². The maximum absolute atomic E-state index is 11.3. The Labute approximate surface area is 120 Å². The maximum Gasteiger partial charge on any atom is 0.306 e. The van der Waals surface area contributed by atoms with Crippen molar-refractivity contribution in [3.8, 4) is 5.75 Å². The van der Waals surface area contributed by atoms with Crippen molar-refractivity contribution in [1.29, 1.82) is 0 Å². The van der Waals surface area contributed by atoms with E-state index in [0.29, 0.717) is 0 Å². The van der Waals surface area contributed by atoms with Crippen LogP contribution in [0.4, 0.5) is 5.69 Å². The van der Waals surface area contributed by atoms with E-state index in [1.807, 2.05) is 31.3 Å². The molecule has 0 heterocycles. The van der Waals surface area contributed by atoms with Gasteiger partial charge >= 0.3 is 5.97 Å². The number of nitrogens with zero attached hydrogens (tertiary/aromatic N) is 1. The molecule has 1 aromatic carbocycles. The molecule has 0 unspecified atom stereocenters. The van der Waals surface area contributed by atoms with E-state index in [0.717, 1.165) is 43.7 Å². The van der Waals surface area contributed by atoms with Gasteiger partial charge in [-0.25, -0.2) is 0 Å². The van der Waals surface area contributed by atoms with Crippen LogP contribution in [-0.4, -0.2) is 31.8 Å². The third kappa shape index (κ3) is 3.44. The minimum Gasteiger partial charge on any atom is -0.497 e. The number of rotatable bonds is 5. The van der Waals surface area contributed by atoms with Crippen molar-refractivity contribution >= 4 is 11.7 Å². The largest absolute Gasteiger partial charge is 0.497 e. The molecule has 2 atom stereocenters. The van der Waals surface area contributed by atoms with Crippen LogP contribution in [0.15, 0.2) is 24.3 Å². The van der Waals surface area contributed by atoms with Gasteiger partial charge in [-0.3, -0.25) is 4.79 Å². The van der Waals surface area contributed by atoms with E-state index in [2.05, 4.69) is 4.90 Å². The number of carboxylic acid groups (broad SMARTS) is 1. The Bertz CT molecular complexity index is 444. The lowest BCUT2D eigenvalue weighted by Crippen LogP contribution is -2.35. The lowest BCUT2D eigenvalue weighted by molar-refractivity contribution is -0.144. The first kappa shape index (κ1) is 14.7. The molecule has 0 aromatic heterocycles. The van der Waals surface area contributed by atoms with Crippen molar-refractivity contribution in [2.75, 3.05) is 25.6 Å². The van der Waals surface area contributed by atoms with Crippen LogP contribution in [0.5, 0.6) is 5.75 Å². The molecule has 0 spiro atoms. The van der Waals surface area contributed by atoms with E-state index in [1.54, 1.807) is 7.11 Å². The Morgan fingerprint density at radius 1 is 1.30 bits per heavy atom. The van der Waals surface area contributed by atoms with Crippen LogP contribution in [0, 0.1) is 11.8 Å². The fraction of sp³-hybridized carbons (Fsp3) is 0.562. The Hall–Kier alpha value is -1.71. The van der Waals surface area contributed by atoms with Crippen LogP contribution < -0.4 is 9.64 Å². The van der Waals surface area contributed by atoms with Crippen LogP contribution in [0.2, 0.25) is 0 Å². The van der Waals surface area contributed by atoms with E-state index < -0.39 is 5.97 Å². The molecule has 0 amide bonds. The molecule has 1 aromatic rings. The summed E-state index contributed by atoms with van der Waals surface area (Å²) in [6, 6.07) is 7.89. The van der Waals surface area contributed by atoms with Crippen molar-refractivity contribution < 1.29 is 14.6 Å². The average molecular weight is 277 g/mol. The van der Waals surface area contributed by atoms with E-state index in [9.17, 15) is 9.90 Å². The molecular weight excluding hydrogens is 254 g/mol. The summed E-state index contributed by atoms with van der Waals surface area (Å²) in [5.41, 5.74) is 1.10. The predicted molar refractivity (Wildman–Crippen MR) is 79.3 cm³/mol. The number of aliphatic carboxylic acids is 1. The van der Waals surface area contributed by atoms with E-state index >= 15 is 0 Å². The molecule has 1 N–H and O–H groups in total. The molecule has 0 radical (unpaired) electrons. The SMILES string of the molecule is COc1ccc(N(C)C[C@@H]2CCCC[C@@H]2C(=O)O)cc1. The van der Waals surface area contributed by atoms with Crippen LogP contribution in [0.3, 0.4) is 0 Å². The van der Waals surface area contributed by atoms with Gasteiger partial charge < -0.3 is 14.7 Å². The highest BCUT2D eigenvalue weighted by Gasteiger charge is 2.31. The molecule has 2 rings (SSSR count). The van der Waals surface area contributed by atoms with Crippen LogP contribution in [0.25, 0.3) is 0 Å². The van der Waals surface area contributed by atoms with E-state index in [-0.39, 0.29) is 11.8 Å². The number of hydrogen-bond donors (Lipinski definition) is 1. The summed E-state index contributed by atoms with van der Waals surface area (Å²) in [6.07, 6.45) is 4.01. The molecule has 20 heavy (non-hydrogen) atoms. The molecule has 4 heteroatoms. The summed E-state index contributed by atoms with van der Waals surface area (Å²) >= 11 is 0. The first-order chi connectivity index (χ1) is 9.61. The molecule has 0 bridgehead atoms. The standard InChI is InChI=1S/C16H23NO3/c1-17(13-7-9-14(20-2)10-8-13)11-12-5-3-4-6-15(12)16(18)19/h7-10,12,15H,3-6,11H2,1-2H3,(H,18,19)/t12-,15-/m0/s1. The van der Waals surface area contributed by atoms with Crippen molar-refractivity contribution in [3.05, 3.63) is 24.3 Å². The van der Waals surface area contributed by atoms with Crippen LogP contribution in [0.1, 0.15) is 25.7 Å². The van der Waals surface area contributed by atoms with Gasteiger partial charge in [0.2, 0.25) is 0 Å². The first-order valence-corrected chi connectivity index (χ1v) is 7.20. The van der Waals surface area contributed by atoms with E-state index in [1.165, 1.54) is 0 Å². The number of carbonyl (C=O) groups is 1. The molecule has 4 nitrogen and oxygen atoms in total. The zero-order valence-electron chi connectivity index (χ0n) is 12.2. The quantitative estimate of drug-likeness (QED) is 0.898. The van der Waals surface area contributed by atoms with Crippen LogP contribution >= 0.6 is 0 Å². The summed E-state index contributed by atoms with van der Waals surface area (Å²) in [7, 11) is 3.67. The number of ether oxygens (including phenoxy) is 1. The zero-order chi connectivity index (χ0) is 14.5. The molecule has 0 aliphatic heterocycles. The van der Waals surface area contributed by atoms with E-state index in [4.69, 9.17) is 4.74 Å². The average Bonchev–Trinajstić information content (AvgIpc) is 2.47. The summed E-state index contributed by atoms with van der Waals surface area (Å²) in [6.45, 7) is 0.795. The minimum atomic E-state index is -0.641. The Balaban J connectivity index is 2.01. The number of carboxylic acids is 1. The Kier molecular flexibility index (Phi) is 4.88. The fourth-order valence-corrected chi connectivity index (χ4v) is 3.05. The van der Waals surface area contributed by atoms with Gasteiger partial charge in [0.05, 0.1) is 13.0 Å². The van der Waals surface area contributed by atoms with Gasteiger partial charge in [-0.15, -0.1) is 0 Å². The second-order valence-electron chi connectivity index (χ2n) is 5.57. The highest BCUT2D eigenvalue weighted by Crippen LogP contribution is 2.31. The van der Waals surface area contributed by atoms with Gasteiger partial charge in [-0.05, 0) is 43.0 Å². The summed E-state index contributed by atoms with van der Waals surface area (Å²) < 4.78 is 5.15. The smallest absolute Gasteiger partial charge is 0.306 e. The van der Waals surface area contributed by atoms with Gasteiger partial charge in [0, 0.05) is 19.3 Å². The number of hydrogen-bond acceptors (Lipinski definition) is 3. The molecule has 1 aliphatic carbocycles. The lowest BCUT2D eigenvalue weighted by Gasteiger charge is -2.32. The van der Waals surface area contributed by atoms with Gasteiger partial charge in [0.25, 0.3) is 0 Å². The highest BCUT2D eigenvalue weighted by atomic mass is 16.5. The second-order valence-corrected chi connectivity index (χ2v) is 5.57. The van der Waals surface area contributed by atoms with Crippen molar-refractivity contribution in [2.24, 2.45) is 11.8 Å². The Morgan fingerprint density at radius 2 is 1.95 bits per heavy atom. The lowest BCUT2D eigenvalue weighted by atomic mass is 9.79. The number of benzene rings is 1. The molecule has 110 valence electrons. The molecule has 1 saturated carbocycles. The third-order valence-corrected chi connectivity index (χ3v) is 4.25. The fourth-order valence-electron chi connectivity index (χ4n) is 3.05. The first-order valence-electron chi connectivity index (χ1n) is 7.20. The minimum absolute atomic E-state index is 0.190. The van der Waals surface area contributed by atoms with Gasteiger partial charge in [0.1, 0.15) is 5.75 Å². The summed E-state index contributed by atoms with van der Waals surface area (Å²) in [4.78, 5) is 13.5. The Morgan fingerprint density at radius 3 is 2.55 bits per heavy atom. The van der Waals surface area contributed by atoms with Crippen molar-refractivity contribution in [2.45, 2.75) is 25.7 Å². The normalized spacial score (nSPS) is 22.3. The summed E-state index contributed by atoms with van der Waals surface area (Å²) in [5, 5.41) is 9.33. The second kappa shape index (κ2) is 6.64. The summed E-state index contributed by atoms with van der Waals surface area (Å²) in [5.74, 6) is 0.249. The molecule has 1 aliphatic rings. The topological polar surface area (TPSA) is 49.8 Å². The maximum atomic E-state index is 11.3. The number of anilines is 1. The number of methoxy groups -OCH3 is 1. The van der Waals surface area contributed by atoms with Gasteiger partial charge in [0.15, 0.2) is 0 Å². The monoisotopic (exact) mass is 277 g/mol. The van der Waals surface area contributed by atoms with Crippen molar-refractivity contribution in [1.82, 2.24) is 0 Å². The molecular formula is C16H23NO3. The molecule has 0 saturated heterocycles. The van der Waals surface area contributed by atoms with Crippen LogP contribution in [-0.2, 0) is 4.79 Å². The van der Waals surface area contributed by atoms with Crippen molar-refractivity contribution in [3.63, 3.8) is 0 Å². The third-order valence-electron chi connectivity index (χ3n) is 4.25. The molecule has 1 fully saturated rings. The predicted octanol–water partition coefficient (Wildman–Crippen LogP) is 3.02. The van der Waals surface area contributed by atoms with Gasteiger partial charge in [-0.2, -0.15) is 0 Å². The zero-order valence-corrected chi connectivity index (χ0v) is 12.2. The highest BCUT2D eigenvalue weighted by molar-refractivity contribution is 5.70.